The van der Waals surface area contributed by atoms with Crippen molar-refractivity contribution >= 4 is 5.91 Å². The van der Waals surface area contributed by atoms with Gasteiger partial charge in [-0.3, -0.25) is 4.79 Å². The summed E-state index contributed by atoms with van der Waals surface area (Å²) in [5, 5.41) is 17.5. The lowest BCUT2D eigenvalue weighted by Gasteiger charge is -2.27. The fourth-order valence-corrected chi connectivity index (χ4v) is 2.27. The summed E-state index contributed by atoms with van der Waals surface area (Å²) >= 11 is 0. The molecule has 0 unspecified atom stereocenters. The second-order valence-electron chi connectivity index (χ2n) is 4.62. The van der Waals surface area contributed by atoms with Gasteiger partial charge in [0.25, 0.3) is 5.91 Å². The molecule has 98 valence electrons. The van der Waals surface area contributed by atoms with Crippen LogP contribution in [0.2, 0.25) is 0 Å². The van der Waals surface area contributed by atoms with Gasteiger partial charge in [-0.05, 0) is 19.1 Å². The molecule has 1 aromatic carbocycles. The summed E-state index contributed by atoms with van der Waals surface area (Å²) in [4.78, 5) is 14.2. The lowest BCUT2D eigenvalue weighted by Crippen LogP contribution is -2.38. The van der Waals surface area contributed by atoms with E-state index in [0.717, 1.165) is 5.82 Å². The van der Waals surface area contributed by atoms with E-state index >= 15 is 0 Å². The van der Waals surface area contributed by atoms with Crippen LogP contribution < -0.4 is 0 Å². The number of hydrogen-bond donors (Lipinski definition) is 1. The van der Waals surface area contributed by atoms with E-state index < -0.39 is 0 Å². The van der Waals surface area contributed by atoms with Crippen molar-refractivity contribution in [1.29, 1.82) is 0 Å². The Morgan fingerprint density at radius 3 is 3.05 bits per heavy atom. The summed E-state index contributed by atoms with van der Waals surface area (Å²) in [6.07, 6.45) is 1.68. The van der Waals surface area contributed by atoms with Crippen LogP contribution in [0.3, 0.4) is 0 Å². The second kappa shape index (κ2) is 4.38. The first kappa shape index (κ1) is 11.7. The van der Waals surface area contributed by atoms with Crippen molar-refractivity contribution in [1.82, 2.24) is 19.7 Å². The number of amides is 1. The van der Waals surface area contributed by atoms with Gasteiger partial charge in [-0.25, -0.2) is 0 Å². The van der Waals surface area contributed by atoms with Gasteiger partial charge in [0, 0.05) is 24.2 Å². The van der Waals surface area contributed by atoms with E-state index in [0.29, 0.717) is 30.8 Å². The highest BCUT2D eigenvalue weighted by atomic mass is 16.3. The number of aromatic hydroxyl groups is 1. The van der Waals surface area contributed by atoms with Crippen molar-refractivity contribution in [3.63, 3.8) is 0 Å². The number of rotatable bonds is 1. The molecule has 3 rings (SSSR count). The van der Waals surface area contributed by atoms with Gasteiger partial charge in [-0.2, -0.15) is 0 Å². The highest BCUT2D eigenvalue weighted by Crippen LogP contribution is 2.22. The van der Waals surface area contributed by atoms with E-state index in [1.807, 2.05) is 4.57 Å². The highest BCUT2D eigenvalue weighted by molar-refractivity contribution is 5.96. The maximum Gasteiger partial charge on any atom is 0.254 e. The van der Waals surface area contributed by atoms with Crippen LogP contribution in [0.5, 0.6) is 5.75 Å². The smallest absolute Gasteiger partial charge is 0.254 e. The van der Waals surface area contributed by atoms with Gasteiger partial charge in [0.15, 0.2) is 5.82 Å². The van der Waals surface area contributed by atoms with E-state index in [9.17, 15) is 9.90 Å². The number of carbonyl (C=O) groups excluding carboxylic acids is 1. The maximum atomic E-state index is 12.5. The van der Waals surface area contributed by atoms with Gasteiger partial charge in [-0.1, -0.05) is 6.07 Å². The monoisotopic (exact) mass is 258 g/mol. The van der Waals surface area contributed by atoms with Crippen molar-refractivity contribution in [2.75, 3.05) is 6.54 Å². The summed E-state index contributed by atoms with van der Waals surface area (Å²) in [7, 11) is 0. The third-order valence-electron chi connectivity index (χ3n) is 3.46. The zero-order chi connectivity index (χ0) is 13.4. The summed E-state index contributed by atoms with van der Waals surface area (Å²) in [6, 6.07) is 5.00. The van der Waals surface area contributed by atoms with Crippen molar-refractivity contribution in [2.45, 2.75) is 20.0 Å². The summed E-state index contributed by atoms with van der Waals surface area (Å²) in [6.45, 7) is 3.52. The molecule has 1 aromatic heterocycles. The van der Waals surface area contributed by atoms with Gasteiger partial charge < -0.3 is 14.6 Å². The van der Waals surface area contributed by atoms with Crippen LogP contribution in [-0.2, 0) is 13.1 Å². The molecule has 0 saturated carbocycles. The molecule has 0 atom stereocenters. The normalized spacial score (nSPS) is 14.3. The Morgan fingerprint density at radius 2 is 2.21 bits per heavy atom. The predicted molar refractivity (Wildman–Crippen MR) is 67.6 cm³/mol. The molecular weight excluding hydrogens is 244 g/mol. The summed E-state index contributed by atoms with van der Waals surface area (Å²) in [5.41, 5.74) is 1.15. The van der Waals surface area contributed by atoms with E-state index in [4.69, 9.17) is 0 Å². The van der Waals surface area contributed by atoms with Crippen LogP contribution in [-0.4, -0.2) is 37.2 Å². The minimum absolute atomic E-state index is 0.0809. The number of nitrogens with zero attached hydrogens (tertiary/aromatic N) is 4. The van der Waals surface area contributed by atoms with Crippen molar-refractivity contribution in [3.8, 4) is 5.75 Å². The van der Waals surface area contributed by atoms with E-state index in [1.54, 1.807) is 36.4 Å². The van der Waals surface area contributed by atoms with Gasteiger partial charge in [0.05, 0.1) is 6.54 Å². The van der Waals surface area contributed by atoms with Crippen LogP contribution in [0.1, 0.15) is 21.7 Å². The number of hydrogen-bond acceptors (Lipinski definition) is 4. The summed E-state index contributed by atoms with van der Waals surface area (Å²) < 4.78 is 1.94. The molecule has 0 bridgehead atoms. The average molecular weight is 258 g/mol. The van der Waals surface area contributed by atoms with E-state index in [1.165, 1.54) is 0 Å². The Balaban J connectivity index is 1.88. The van der Waals surface area contributed by atoms with E-state index in [2.05, 4.69) is 10.2 Å². The SMILES string of the molecule is Cc1c(O)cccc1C(=O)N1CCn2cnnc2C1. The molecule has 1 amide bonds. The topological polar surface area (TPSA) is 71.2 Å². The first-order chi connectivity index (χ1) is 9.16. The minimum Gasteiger partial charge on any atom is -0.508 e. The zero-order valence-corrected chi connectivity index (χ0v) is 10.6. The molecule has 1 N–H and O–H groups in total. The molecular formula is C13H14N4O2. The van der Waals surface area contributed by atoms with Crippen LogP contribution >= 0.6 is 0 Å². The molecule has 19 heavy (non-hydrogen) atoms. The Hall–Kier alpha value is -2.37. The predicted octanol–water partition coefficient (Wildman–Crippen LogP) is 0.948. The number of fused-ring (bicyclic) bond motifs is 1. The molecule has 6 heteroatoms. The van der Waals surface area contributed by atoms with Crippen LogP contribution in [0.25, 0.3) is 0 Å². The summed E-state index contributed by atoms with van der Waals surface area (Å²) in [5.74, 6) is 0.853. The number of phenolic OH excluding ortho intramolecular Hbond substituents is 1. The van der Waals surface area contributed by atoms with Crippen molar-refractivity contribution in [3.05, 3.63) is 41.5 Å². The fourth-order valence-electron chi connectivity index (χ4n) is 2.27. The molecule has 1 aliphatic rings. The lowest BCUT2D eigenvalue weighted by atomic mass is 10.1. The third-order valence-corrected chi connectivity index (χ3v) is 3.46. The Bertz CT molecular complexity index is 635. The highest BCUT2D eigenvalue weighted by Gasteiger charge is 2.24. The molecule has 0 fully saturated rings. The average Bonchev–Trinajstić information content (AvgIpc) is 2.88. The minimum atomic E-state index is -0.0809. The molecule has 2 aromatic rings. The first-order valence-electron chi connectivity index (χ1n) is 6.11. The standard InChI is InChI=1S/C13H14N4O2/c1-9-10(3-2-4-11(9)18)13(19)16-5-6-17-8-14-15-12(17)7-16/h2-4,8,18H,5-7H2,1H3. The van der Waals surface area contributed by atoms with Crippen LogP contribution in [0.15, 0.2) is 24.5 Å². The van der Waals surface area contributed by atoms with Gasteiger partial charge in [0.2, 0.25) is 0 Å². The Labute approximate surface area is 110 Å². The number of carbonyl (C=O) groups is 1. The lowest BCUT2D eigenvalue weighted by molar-refractivity contribution is 0.0706. The number of phenols is 1. The molecule has 1 aliphatic heterocycles. The molecule has 6 nitrogen and oxygen atoms in total. The molecule has 0 spiro atoms. The van der Waals surface area contributed by atoms with Crippen LogP contribution in [0, 0.1) is 6.92 Å². The Kier molecular flexibility index (Phi) is 2.70. The Morgan fingerprint density at radius 1 is 1.37 bits per heavy atom. The van der Waals surface area contributed by atoms with Gasteiger partial charge in [-0.15, -0.1) is 10.2 Å². The molecule has 2 heterocycles. The molecule has 0 saturated heterocycles. The second-order valence-corrected chi connectivity index (χ2v) is 4.62. The first-order valence-corrected chi connectivity index (χ1v) is 6.11. The quantitative estimate of drug-likeness (QED) is 0.826. The van der Waals surface area contributed by atoms with Crippen molar-refractivity contribution < 1.29 is 9.90 Å². The number of benzene rings is 1. The van der Waals surface area contributed by atoms with Gasteiger partial charge in [0.1, 0.15) is 12.1 Å². The largest absolute Gasteiger partial charge is 0.508 e. The third kappa shape index (κ3) is 1.95. The van der Waals surface area contributed by atoms with E-state index in [-0.39, 0.29) is 11.7 Å². The van der Waals surface area contributed by atoms with Crippen molar-refractivity contribution in [2.24, 2.45) is 0 Å². The van der Waals surface area contributed by atoms with Gasteiger partial charge >= 0.3 is 0 Å². The van der Waals surface area contributed by atoms with Crippen LogP contribution in [0.4, 0.5) is 0 Å². The molecule has 0 radical (unpaired) electrons. The zero-order valence-electron chi connectivity index (χ0n) is 10.6. The maximum absolute atomic E-state index is 12.5. The number of aromatic nitrogens is 3. The fraction of sp³-hybridized carbons (Fsp3) is 0.308. The molecule has 0 aliphatic carbocycles.